The molecule has 0 bridgehead atoms. The third-order valence-corrected chi connectivity index (χ3v) is 4.19. The molecule has 8 heteroatoms. The van der Waals surface area contributed by atoms with Crippen LogP contribution in [0.1, 0.15) is 20.8 Å². The fraction of sp³-hybridized carbons (Fsp3) is 0.235. The molecule has 8 nitrogen and oxygen atoms in total. The van der Waals surface area contributed by atoms with E-state index in [9.17, 15) is 4.79 Å². The van der Waals surface area contributed by atoms with E-state index in [-0.39, 0.29) is 7.33 Å². The lowest BCUT2D eigenvalue weighted by molar-refractivity contribution is -0.119. The standard InChI is InChI=1S/C17H17N7O.H2/c1-9-6-10(13-19-8-20-24-13)4-5-11(9)12-7-18-14-15(21-12)23-17(2,3)16(25)22-14;/h4-8H,1-3H3,(H,21,23)(H,18,22,25)(H,19,20,24);1H. The molecule has 0 atom stereocenters. The van der Waals surface area contributed by atoms with Crippen LogP contribution in [0.5, 0.6) is 0 Å². The van der Waals surface area contributed by atoms with E-state index in [0.717, 1.165) is 28.2 Å². The molecule has 25 heavy (non-hydrogen) atoms. The van der Waals surface area contributed by atoms with Gasteiger partial charge in [0.1, 0.15) is 11.9 Å². The molecule has 0 unspecified atom stereocenters. The number of benzene rings is 1. The van der Waals surface area contributed by atoms with Crippen molar-refractivity contribution in [3.63, 3.8) is 0 Å². The normalized spacial score (nSPS) is 15.2. The number of fused-ring (bicyclic) bond motifs is 1. The molecule has 1 aliphatic heterocycles. The van der Waals surface area contributed by atoms with E-state index in [2.05, 4.69) is 35.8 Å². The minimum Gasteiger partial charge on any atom is -0.353 e. The molecule has 0 fully saturated rings. The van der Waals surface area contributed by atoms with Gasteiger partial charge in [0.15, 0.2) is 17.5 Å². The second kappa shape index (κ2) is 5.37. The number of hydrogen-bond acceptors (Lipinski definition) is 6. The summed E-state index contributed by atoms with van der Waals surface area (Å²) in [7, 11) is 0. The fourth-order valence-corrected chi connectivity index (χ4v) is 2.76. The smallest absolute Gasteiger partial charge is 0.250 e. The largest absolute Gasteiger partial charge is 0.353 e. The quantitative estimate of drug-likeness (QED) is 0.663. The number of aromatic nitrogens is 5. The summed E-state index contributed by atoms with van der Waals surface area (Å²) in [5.74, 6) is 1.61. The van der Waals surface area contributed by atoms with Crippen LogP contribution < -0.4 is 10.6 Å². The van der Waals surface area contributed by atoms with E-state index in [0.29, 0.717) is 11.6 Å². The summed E-state index contributed by atoms with van der Waals surface area (Å²) in [4.78, 5) is 25.1. The predicted molar refractivity (Wildman–Crippen MR) is 96.0 cm³/mol. The van der Waals surface area contributed by atoms with Gasteiger partial charge in [0.25, 0.3) is 5.91 Å². The molecule has 0 saturated heterocycles. The third-order valence-electron chi connectivity index (χ3n) is 4.19. The molecule has 1 aromatic carbocycles. The Kier molecular flexibility index (Phi) is 3.28. The monoisotopic (exact) mass is 337 g/mol. The summed E-state index contributed by atoms with van der Waals surface area (Å²) in [5.41, 5.74) is 2.97. The van der Waals surface area contributed by atoms with E-state index in [1.165, 1.54) is 6.33 Å². The first-order chi connectivity index (χ1) is 11.9. The van der Waals surface area contributed by atoms with Gasteiger partial charge in [0.05, 0.1) is 11.9 Å². The van der Waals surface area contributed by atoms with Crippen molar-refractivity contribution in [3.8, 4) is 22.6 Å². The summed E-state index contributed by atoms with van der Waals surface area (Å²) >= 11 is 0. The van der Waals surface area contributed by atoms with Crippen LogP contribution in [-0.2, 0) is 4.79 Å². The van der Waals surface area contributed by atoms with Gasteiger partial charge in [-0.25, -0.2) is 15.0 Å². The van der Waals surface area contributed by atoms with Gasteiger partial charge in [-0.2, -0.15) is 5.10 Å². The highest BCUT2D eigenvalue weighted by Crippen LogP contribution is 2.31. The zero-order valence-corrected chi connectivity index (χ0v) is 14.1. The minimum absolute atomic E-state index is 0. The summed E-state index contributed by atoms with van der Waals surface area (Å²) in [6.07, 6.45) is 3.14. The Balaban J connectivity index is 0.00000196. The van der Waals surface area contributed by atoms with Gasteiger partial charge in [0, 0.05) is 12.6 Å². The van der Waals surface area contributed by atoms with Crippen molar-refractivity contribution in [1.82, 2.24) is 25.1 Å². The van der Waals surface area contributed by atoms with Crippen molar-refractivity contribution in [1.29, 1.82) is 0 Å². The molecule has 1 amide bonds. The van der Waals surface area contributed by atoms with Crippen molar-refractivity contribution >= 4 is 17.5 Å². The Morgan fingerprint density at radius 2 is 2.00 bits per heavy atom. The number of anilines is 2. The van der Waals surface area contributed by atoms with Crippen molar-refractivity contribution in [2.75, 3.05) is 10.6 Å². The molecule has 128 valence electrons. The van der Waals surface area contributed by atoms with Gasteiger partial charge in [-0.1, -0.05) is 12.1 Å². The number of carbonyl (C=O) groups is 1. The predicted octanol–water partition coefficient (Wildman–Crippen LogP) is 2.63. The SMILES string of the molecule is Cc1cc(-c2ncn[nH]2)ccc1-c1cnc2c(n1)NC(C)(C)C(=O)N2.[HH]. The van der Waals surface area contributed by atoms with Crippen LogP contribution in [0.15, 0.2) is 30.7 Å². The fourth-order valence-electron chi connectivity index (χ4n) is 2.76. The Labute approximate surface area is 145 Å². The highest BCUT2D eigenvalue weighted by atomic mass is 16.2. The van der Waals surface area contributed by atoms with Crippen LogP contribution in [0.2, 0.25) is 0 Å². The third kappa shape index (κ3) is 2.61. The molecule has 2 aromatic heterocycles. The van der Waals surface area contributed by atoms with Crippen LogP contribution in [-0.4, -0.2) is 36.6 Å². The number of carbonyl (C=O) groups excluding carboxylic acids is 1. The first-order valence-corrected chi connectivity index (χ1v) is 7.87. The maximum absolute atomic E-state index is 12.0. The maximum Gasteiger partial charge on any atom is 0.250 e. The molecule has 1 aliphatic rings. The van der Waals surface area contributed by atoms with Crippen molar-refractivity contribution in [2.24, 2.45) is 0 Å². The van der Waals surface area contributed by atoms with Crippen molar-refractivity contribution < 1.29 is 6.22 Å². The lowest BCUT2D eigenvalue weighted by Gasteiger charge is -2.31. The van der Waals surface area contributed by atoms with Crippen LogP contribution in [0.3, 0.4) is 0 Å². The molecule has 3 aromatic rings. The topological polar surface area (TPSA) is 108 Å². The minimum atomic E-state index is -0.731. The summed E-state index contributed by atoms with van der Waals surface area (Å²) in [6.45, 7) is 5.61. The number of hydrogen-bond donors (Lipinski definition) is 3. The second-order valence-electron chi connectivity index (χ2n) is 6.52. The first kappa shape index (κ1) is 15.3. The van der Waals surface area contributed by atoms with Gasteiger partial charge in [-0.3, -0.25) is 9.89 Å². The lowest BCUT2D eigenvalue weighted by Crippen LogP contribution is -2.48. The maximum atomic E-state index is 12.0. The number of H-pyrrole nitrogens is 1. The zero-order chi connectivity index (χ0) is 17.6. The lowest BCUT2D eigenvalue weighted by atomic mass is 10.0. The number of rotatable bonds is 2. The van der Waals surface area contributed by atoms with Gasteiger partial charge in [-0.05, 0) is 32.4 Å². The average Bonchev–Trinajstić information content (AvgIpc) is 3.10. The van der Waals surface area contributed by atoms with Gasteiger partial charge >= 0.3 is 0 Å². The molecular weight excluding hydrogens is 318 g/mol. The average molecular weight is 337 g/mol. The van der Waals surface area contributed by atoms with Crippen LogP contribution >= 0.6 is 0 Å². The number of aromatic amines is 1. The van der Waals surface area contributed by atoms with E-state index >= 15 is 0 Å². The Bertz CT molecular complexity index is 969. The van der Waals surface area contributed by atoms with Crippen molar-refractivity contribution in [2.45, 2.75) is 26.3 Å². The number of nitrogens with one attached hydrogen (secondary N) is 3. The van der Waals surface area contributed by atoms with Gasteiger partial charge < -0.3 is 10.6 Å². The molecule has 3 N–H and O–H groups in total. The molecule has 0 radical (unpaired) electrons. The first-order valence-electron chi connectivity index (χ1n) is 7.87. The second-order valence-corrected chi connectivity index (χ2v) is 6.52. The highest BCUT2D eigenvalue weighted by Gasteiger charge is 2.34. The molecule has 4 rings (SSSR count). The molecule has 0 aliphatic carbocycles. The molecule has 3 heterocycles. The van der Waals surface area contributed by atoms with Crippen molar-refractivity contribution in [3.05, 3.63) is 36.3 Å². The molecule has 0 spiro atoms. The zero-order valence-electron chi connectivity index (χ0n) is 14.1. The van der Waals surface area contributed by atoms with Crippen LogP contribution in [0.25, 0.3) is 22.6 Å². The Morgan fingerprint density at radius 1 is 1.16 bits per heavy atom. The Morgan fingerprint density at radius 3 is 2.72 bits per heavy atom. The molecule has 0 saturated carbocycles. The Hall–Kier alpha value is -3.29. The number of aryl methyl sites for hydroxylation is 1. The highest BCUT2D eigenvalue weighted by molar-refractivity contribution is 6.03. The summed E-state index contributed by atoms with van der Waals surface area (Å²) in [6, 6.07) is 5.97. The summed E-state index contributed by atoms with van der Waals surface area (Å²) < 4.78 is 0. The van der Waals surface area contributed by atoms with Gasteiger partial charge in [0.2, 0.25) is 0 Å². The van der Waals surface area contributed by atoms with Crippen LogP contribution in [0, 0.1) is 6.92 Å². The number of amides is 1. The van der Waals surface area contributed by atoms with E-state index in [1.54, 1.807) is 20.0 Å². The number of nitrogens with zero attached hydrogens (tertiary/aromatic N) is 4. The van der Waals surface area contributed by atoms with E-state index < -0.39 is 5.54 Å². The van der Waals surface area contributed by atoms with E-state index in [1.807, 2.05) is 25.1 Å². The van der Waals surface area contributed by atoms with Crippen LogP contribution in [0.4, 0.5) is 11.6 Å². The van der Waals surface area contributed by atoms with E-state index in [4.69, 9.17) is 0 Å². The van der Waals surface area contributed by atoms with Gasteiger partial charge in [-0.15, -0.1) is 0 Å². The molecular formula is C17H19N7O. The summed E-state index contributed by atoms with van der Waals surface area (Å²) in [5, 5.41) is 12.6.